The van der Waals surface area contributed by atoms with Crippen LogP contribution in [0.25, 0.3) is 0 Å². The molecule has 0 unspecified atom stereocenters. The Morgan fingerprint density at radius 2 is 2.20 bits per heavy atom. The third-order valence-corrected chi connectivity index (χ3v) is 3.81. The summed E-state index contributed by atoms with van der Waals surface area (Å²) in [6, 6.07) is 2.58. The molecule has 1 aliphatic rings. The average molecular weight is 207 g/mol. The van der Waals surface area contributed by atoms with Gasteiger partial charge < -0.3 is 5.73 Å². The highest BCUT2D eigenvalue weighted by molar-refractivity contribution is 5.26. The van der Waals surface area contributed by atoms with Crippen LogP contribution in [0.4, 0.5) is 0 Å². The average Bonchev–Trinajstić information content (AvgIpc) is 2.57. The molecule has 1 aromatic rings. The first-order valence-electron chi connectivity index (χ1n) is 5.73. The Bertz CT molecular complexity index is 352. The lowest BCUT2D eigenvalue weighted by molar-refractivity contribution is 0.494. The van der Waals surface area contributed by atoms with Crippen molar-refractivity contribution in [1.29, 1.82) is 0 Å². The summed E-state index contributed by atoms with van der Waals surface area (Å²) in [7, 11) is 0. The quantitative estimate of drug-likeness (QED) is 0.825. The molecule has 2 rings (SSSR count). The van der Waals surface area contributed by atoms with Gasteiger partial charge in [0.15, 0.2) is 0 Å². The van der Waals surface area contributed by atoms with E-state index in [1.165, 1.54) is 5.69 Å². The Balaban J connectivity index is 2.29. The molecule has 1 fully saturated rings. The van der Waals surface area contributed by atoms with Crippen LogP contribution in [0.3, 0.4) is 0 Å². The van der Waals surface area contributed by atoms with Crippen LogP contribution in [0.1, 0.15) is 45.3 Å². The van der Waals surface area contributed by atoms with E-state index in [2.05, 4.69) is 43.5 Å². The van der Waals surface area contributed by atoms with E-state index in [4.69, 9.17) is 5.73 Å². The van der Waals surface area contributed by atoms with Gasteiger partial charge in [0.25, 0.3) is 0 Å². The number of rotatable bonds is 3. The van der Waals surface area contributed by atoms with Crippen LogP contribution >= 0.6 is 0 Å². The summed E-state index contributed by atoms with van der Waals surface area (Å²) in [4.78, 5) is 0. The molecule has 3 nitrogen and oxygen atoms in total. The lowest BCUT2D eigenvalue weighted by Crippen LogP contribution is -2.08. The van der Waals surface area contributed by atoms with Gasteiger partial charge in [-0.1, -0.05) is 13.8 Å². The van der Waals surface area contributed by atoms with Crippen molar-refractivity contribution in [1.82, 2.24) is 9.78 Å². The van der Waals surface area contributed by atoms with Crippen LogP contribution in [0.5, 0.6) is 0 Å². The first kappa shape index (κ1) is 10.7. The third-order valence-electron chi connectivity index (χ3n) is 3.81. The molecular weight excluding hydrogens is 186 g/mol. The van der Waals surface area contributed by atoms with Crippen molar-refractivity contribution in [2.24, 2.45) is 17.1 Å². The molecule has 0 aliphatic heterocycles. The van der Waals surface area contributed by atoms with Gasteiger partial charge in [-0.3, -0.25) is 4.68 Å². The molecule has 3 heteroatoms. The van der Waals surface area contributed by atoms with E-state index in [9.17, 15) is 0 Å². The van der Waals surface area contributed by atoms with Gasteiger partial charge in [0.05, 0.1) is 0 Å². The SMILES string of the molecule is CC(C)n1nccc1[C@@H]1[C@@H](CN)C1(C)C. The van der Waals surface area contributed by atoms with Gasteiger partial charge in [-0.15, -0.1) is 0 Å². The standard InChI is InChI=1S/C12H21N3/c1-8(2)15-10(5-6-14-15)11-9(7-13)12(11,3)4/h5-6,8-9,11H,7,13H2,1-4H3/t9-,11+/m1/s1. The minimum absolute atomic E-state index is 0.349. The van der Waals surface area contributed by atoms with E-state index in [0.29, 0.717) is 23.3 Å². The molecule has 1 aromatic heterocycles. The van der Waals surface area contributed by atoms with Gasteiger partial charge in [-0.05, 0) is 37.8 Å². The largest absolute Gasteiger partial charge is 0.330 e. The molecule has 2 atom stereocenters. The Morgan fingerprint density at radius 3 is 2.67 bits per heavy atom. The summed E-state index contributed by atoms with van der Waals surface area (Å²) in [6.45, 7) is 9.72. The highest BCUT2D eigenvalue weighted by Gasteiger charge is 2.58. The predicted molar refractivity (Wildman–Crippen MR) is 61.7 cm³/mol. The predicted octanol–water partition coefficient (Wildman–Crippen LogP) is 2.16. The maximum atomic E-state index is 5.80. The summed E-state index contributed by atoms with van der Waals surface area (Å²) in [5, 5.41) is 4.39. The minimum atomic E-state index is 0.349. The zero-order valence-electron chi connectivity index (χ0n) is 10.1. The molecule has 1 heterocycles. The molecule has 84 valence electrons. The summed E-state index contributed by atoms with van der Waals surface area (Å²) >= 11 is 0. The number of aromatic nitrogens is 2. The van der Waals surface area contributed by atoms with Crippen molar-refractivity contribution in [3.63, 3.8) is 0 Å². The van der Waals surface area contributed by atoms with Gasteiger partial charge in [-0.25, -0.2) is 0 Å². The van der Waals surface area contributed by atoms with E-state index in [1.807, 2.05) is 6.20 Å². The lowest BCUT2D eigenvalue weighted by Gasteiger charge is -2.11. The van der Waals surface area contributed by atoms with E-state index < -0.39 is 0 Å². The Labute approximate surface area is 91.7 Å². The van der Waals surface area contributed by atoms with Gasteiger partial charge in [0.2, 0.25) is 0 Å². The topological polar surface area (TPSA) is 43.8 Å². The first-order chi connectivity index (χ1) is 7.00. The van der Waals surface area contributed by atoms with Crippen molar-refractivity contribution in [2.45, 2.75) is 39.7 Å². The highest BCUT2D eigenvalue weighted by Crippen LogP contribution is 2.63. The maximum absolute atomic E-state index is 5.80. The second kappa shape index (κ2) is 3.34. The van der Waals surface area contributed by atoms with Crippen molar-refractivity contribution < 1.29 is 0 Å². The van der Waals surface area contributed by atoms with E-state index in [-0.39, 0.29) is 0 Å². The zero-order chi connectivity index (χ0) is 11.2. The fourth-order valence-electron chi connectivity index (χ4n) is 2.77. The summed E-state index contributed by atoms with van der Waals surface area (Å²) in [5.41, 5.74) is 7.50. The van der Waals surface area contributed by atoms with Crippen molar-refractivity contribution in [3.05, 3.63) is 18.0 Å². The van der Waals surface area contributed by atoms with Crippen LogP contribution < -0.4 is 5.73 Å². The maximum Gasteiger partial charge on any atom is 0.0492 e. The molecular formula is C12H21N3. The van der Waals surface area contributed by atoms with E-state index in [1.54, 1.807) is 0 Å². The summed E-state index contributed by atoms with van der Waals surface area (Å²) < 4.78 is 2.13. The zero-order valence-corrected chi connectivity index (χ0v) is 10.1. The normalized spacial score (nSPS) is 28.4. The monoisotopic (exact) mass is 207 g/mol. The second-order valence-corrected chi connectivity index (χ2v) is 5.44. The van der Waals surface area contributed by atoms with Crippen molar-refractivity contribution in [3.8, 4) is 0 Å². The molecule has 2 N–H and O–H groups in total. The molecule has 0 saturated heterocycles. The van der Waals surface area contributed by atoms with Crippen LogP contribution in [-0.4, -0.2) is 16.3 Å². The molecule has 0 spiro atoms. The van der Waals surface area contributed by atoms with Gasteiger partial charge in [0.1, 0.15) is 0 Å². The summed E-state index contributed by atoms with van der Waals surface area (Å²) in [6.07, 6.45) is 1.90. The molecule has 0 aromatic carbocycles. The number of hydrogen-bond donors (Lipinski definition) is 1. The number of nitrogens with zero attached hydrogens (tertiary/aromatic N) is 2. The van der Waals surface area contributed by atoms with Gasteiger partial charge in [0, 0.05) is 23.9 Å². The van der Waals surface area contributed by atoms with Crippen LogP contribution in [0.2, 0.25) is 0 Å². The molecule has 0 radical (unpaired) electrons. The Kier molecular flexibility index (Phi) is 2.38. The van der Waals surface area contributed by atoms with Gasteiger partial charge in [-0.2, -0.15) is 5.10 Å². The number of hydrogen-bond acceptors (Lipinski definition) is 2. The molecule has 15 heavy (non-hydrogen) atoms. The fourth-order valence-corrected chi connectivity index (χ4v) is 2.77. The first-order valence-corrected chi connectivity index (χ1v) is 5.73. The summed E-state index contributed by atoms with van der Waals surface area (Å²) in [5.74, 6) is 1.21. The van der Waals surface area contributed by atoms with Gasteiger partial charge >= 0.3 is 0 Å². The fraction of sp³-hybridized carbons (Fsp3) is 0.750. The smallest absolute Gasteiger partial charge is 0.0492 e. The van der Waals surface area contributed by atoms with Crippen LogP contribution in [0, 0.1) is 11.3 Å². The molecule has 0 amide bonds. The Hall–Kier alpha value is -0.830. The Morgan fingerprint density at radius 1 is 1.53 bits per heavy atom. The van der Waals surface area contributed by atoms with Crippen LogP contribution in [0.15, 0.2) is 12.3 Å². The number of nitrogens with two attached hydrogens (primary N) is 1. The molecule has 1 aliphatic carbocycles. The highest BCUT2D eigenvalue weighted by atomic mass is 15.3. The van der Waals surface area contributed by atoms with Crippen molar-refractivity contribution in [2.75, 3.05) is 6.54 Å². The minimum Gasteiger partial charge on any atom is -0.330 e. The van der Waals surface area contributed by atoms with Crippen LogP contribution in [-0.2, 0) is 0 Å². The second-order valence-electron chi connectivity index (χ2n) is 5.44. The third kappa shape index (κ3) is 1.49. The molecule has 1 saturated carbocycles. The molecule has 0 bridgehead atoms. The lowest BCUT2D eigenvalue weighted by atomic mass is 10.1. The van der Waals surface area contributed by atoms with E-state index >= 15 is 0 Å². The van der Waals surface area contributed by atoms with Crippen molar-refractivity contribution >= 4 is 0 Å². The van der Waals surface area contributed by atoms with E-state index in [0.717, 1.165) is 6.54 Å².